The van der Waals surface area contributed by atoms with Crippen molar-refractivity contribution >= 4 is 46.2 Å². The smallest absolute Gasteiger partial charge is 0.287 e. The van der Waals surface area contributed by atoms with Crippen LogP contribution in [0, 0.1) is 0 Å². The van der Waals surface area contributed by atoms with Crippen LogP contribution in [0.15, 0.2) is 53.6 Å². The van der Waals surface area contributed by atoms with E-state index < -0.39 is 0 Å². The first kappa shape index (κ1) is 14.6. The number of aromatic amines is 1. The lowest BCUT2D eigenvalue weighted by Crippen LogP contribution is -2.17. The molecule has 4 nitrogen and oxygen atoms in total. The number of rotatable bonds is 3. The fourth-order valence-corrected chi connectivity index (χ4v) is 2.48. The maximum absolute atomic E-state index is 12.0. The van der Waals surface area contributed by atoms with Crippen LogP contribution in [0.2, 0.25) is 10.0 Å². The van der Waals surface area contributed by atoms with Gasteiger partial charge in [-0.25, -0.2) is 5.43 Å². The first-order valence-electron chi connectivity index (χ1n) is 6.50. The molecule has 1 amide bonds. The number of halogens is 2. The van der Waals surface area contributed by atoms with Crippen LogP contribution in [-0.2, 0) is 0 Å². The summed E-state index contributed by atoms with van der Waals surface area (Å²) in [6, 6.07) is 14.5. The molecule has 0 unspecified atom stereocenters. The number of hydrogen-bond acceptors (Lipinski definition) is 2. The zero-order valence-corrected chi connectivity index (χ0v) is 12.8. The number of nitrogens with zero attached hydrogens (tertiary/aromatic N) is 1. The van der Waals surface area contributed by atoms with E-state index in [2.05, 4.69) is 15.5 Å². The van der Waals surface area contributed by atoms with Crippen molar-refractivity contribution in [2.45, 2.75) is 0 Å². The minimum absolute atomic E-state index is 0.322. The van der Waals surface area contributed by atoms with E-state index in [4.69, 9.17) is 23.2 Å². The Bertz CT molecular complexity index is 838. The molecule has 1 aromatic heterocycles. The highest BCUT2D eigenvalue weighted by Gasteiger charge is 2.08. The highest BCUT2D eigenvalue weighted by molar-refractivity contribution is 6.36. The molecule has 1 heterocycles. The van der Waals surface area contributed by atoms with Gasteiger partial charge in [0.15, 0.2) is 0 Å². The first-order valence-corrected chi connectivity index (χ1v) is 7.25. The Kier molecular flexibility index (Phi) is 4.13. The van der Waals surface area contributed by atoms with Gasteiger partial charge < -0.3 is 4.98 Å². The molecule has 0 aliphatic heterocycles. The monoisotopic (exact) mass is 331 g/mol. The van der Waals surface area contributed by atoms with Crippen LogP contribution in [0.1, 0.15) is 16.1 Å². The second-order valence-corrected chi connectivity index (χ2v) is 5.48. The van der Waals surface area contributed by atoms with Crippen molar-refractivity contribution < 1.29 is 4.79 Å². The van der Waals surface area contributed by atoms with Crippen molar-refractivity contribution in [2.75, 3.05) is 0 Å². The molecule has 2 aromatic carbocycles. The maximum Gasteiger partial charge on any atom is 0.287 e. The number of para-hydroxylation sites is 1. The number of aromatic nitrogens is 1. The van der Waals surface area contributed by atoms with Gasteiger partial charge in [-0.15, -0.1) is 0 Å². The lowest BCUT2D eigenvalue weighted by atomic mass is 10.2. The molecule has 0 fully saturated rings. The molecule has 0 radical (unpaired) electrons. The normalized spacial score (nSPS) is 11.2. The third-order valence-corrected chi connectivity index (χ3v) is 3.67. The SMILES string of the molecule is O=C(N/N=C/c1ccc(Cl)cc1Cl)c1cc2ccccc2[nH]1. The van der Waals surface area contributed by atoms with Crippen molar-refractivity contribution in [3.8, 4) is 0 Å². The van der Waals surface area contributed by atoms with Crippen LogP contribution in [0.5, 0.6) is 0 Å². The Balaban J connectivity index is 1.72. The fraction of sp³-hybridized carbons (Fsp3) is 0. The molecule has 0 bridgehead atoms. The Morgan fingerprint density at radius 1 is 1.14 bits per heavy atom. The molecule has 0 saturated carbocycles. The molecule has 0 spiro atoms. The van der Waals surface area contributed by atoms with Gasteiger partial charge >= 0.3 is 0 Å². The van der Waals surface area contributed by atoms with E-state index in [1.54, 1.807) is 24.3 Å². The summed E-state index contributed by atoms with van der Waals surface area (Å²) in [6.45, 7) is 0. The summed E-state index contributed by atoms with van der Waals surface area (Å²) in [6.07, 6.45) is 1.47. The molecular weight excluding hydrogens is 321 g/mol. The minimum Gasteiger partial charge on any atom is -0.350 e. The first-order chi connectivity index (χ1) is 10.6. The zero-order valence-electron chi connectivity index (χ0n) is 11.3. The van der Waals surface area contributed by atoms with Crippen LogP contribution in [0.4, 0.5) is 0 Å². The third-order valence-electron chi connectivity index (χ3n) is 3.11. The van der Waals surface area contributed by atoms with Gasteiger partial charge in [-0.1, -0.05) is 47.5 Å². The lowest BCUT2D eigenvalue weighted by molar-refractivity contribution is 0.0951. The highest BCUT2D eigenvalue weighted by Crippen LogP contribution is 2.19. The second-order valence-electron chi connectivity index (χ2n) is 4.64. The number of benzene rings is 2. The van der Waals surface area contributed by atoms with E-state index in [1.807, 2.05) is 24.3 Å². The molecule has 0 atom stereocenters. The molecule has 0 saturated heterocycles. The van der Waals surface area contributed by atoms with Crippen molar-refractivity contribution in [1.29, 1.82) is 0 Å². The standard InChI is InChI=1S/C16H11Cl2N3O/c17-12-6-5-11(13(18)8-12)9-19-21-16(22)15-7-10-3-1-2-4-14(10)20-15/h1-9,20H,(H,21,22)/b19-9+. The fourth-order valence-electron chi connectivity index (χ4n) is 2.02. The van der Waals surface area contributed by atoms with Crippen LogP contribution in [-0.4, -0.2) is 17.1 Å². The topological polar surface area (TPSA) is 57.2 Å². The molecule has 22 heavy (non-hydrogen) atoms. The number of carbonyl (C=O) groups is 1. The molecule has 0 aliphatic carbocycles. The number of amides is 1. The van der Waals surface area contributed by atoms with Gasteiger partial charge in [0.2, 0.25) is 0 Å². The third kappa shape index (κ3) is 3.13. The van der Waals surface area contributed by atoms with E-state index in [1.165, 1.54) is 6.21 Å². The number of nitrogens with one attached hydrogen (secondary N) is 2. The van der Waals surface area contributed by atoms with Crippen LogP contribution in [0.25, 0.3) is 10.9 Å². The van der Waals surface area contributed by atoms with E-state index in [9.17, 15) is 4.79 Å². The number of H-pyrrole nitrogens is 1. The summed E-state index contributed by atoms with van der Waals surface area (Å²) < 4.78 is 0. The average Bonchev–Trinajstić information content (AvgIpc) is 2.93. The van der Waals surface area contributed by atoms with Gasteiger partial charge in [-0.05, 0) is 24.3 Å². The molecule has 110 valence electrons. The van der Waals surface area contributed by atoms with Crippen LogP contribution < -0.4 is 5.43 Å². The highest BCUT2D eigenvalue weighted by atomic mass is 35.5. The van der Waals surface area contributed by atoms with Crippen LogP contribution in [0.3, 0.4) is 0 Å². The van der Waals surface area contributed by atoms with Gasteiger partial charge in [0.05, 0.1) is 11.2 Å². The number of hydrogen-bond donors (Lipinski definition) is 2. The van der Waals surface area contributed by atoms with E-state index in [0.29, 0.717) is 21.3 Å². The van der Waals surface area contributed by atoms with E-state index in [0.717, 1.165) is 10.9 Å². The molecule has 2 N–H and O–H groups in total. The number of fused-ring (bicyclic) bond motifs is 1. The zero-order chi connectivity index (χ0) is 15.5. The average molecular weight is 332 g/mol. The van der Waals surface area contributed by atoms with Crippen molar-refractivity contribution in [2.24, 2.45) is 5.10 Å². The van der Waals surface area contributed by atoms with Gasteiger partial charge in [-0.3, -0.25) is 4.79 Å². The van der Waals surface area contributed by atoms with Gasteiger partial charge in [0.25, 0.3) is 5.91 Å². The van der Waals surface area contributed by atoms with Crippen LogP contribution >= 0.6 is 23.2 Å². The van der Waals surface area contributed by atoms with E-state index >= 15 is 0 Å². The molecular formula is C16H11Cl2N3O. The summed E-state index contributed by atoms with van der Waals surface area (Å²) in [4.78, 5) is 15.1. The molecule has 3 rings (SSSR count). The Morgan fingerprint density at radius 3 is 2.73 bits per heavy atom. The summed E-state index contributed by atoms with van der Waals surface area (Å²) in [7, 11) is 0. The van der Waals surface area contributed by atoms with E-state index in [-0.39, 0.29) is 5.91 Å². The quantitative estimate of drug-likeness (QED) is 0.547. The largest absolute Gasteiger partial charge is 0.350 e. The molecule has 6 heteroatoms. The van der Waals surface area contributed by atoms with Crippen molar-refractivity contribution in [3.63, 3.8) is 0 Å². The lowest BCUT2D eigenvalue weighted by Gasteiger charge is -1.99. The molecule has 3 aromatic rings. The summed E-state index contributed by atoms with van der Waals surface area (Å²) in [5.74, 6) is -0.322. The predicted octanol–water partition coefficient (Wildman–Crippen LogP) is 4.24. The number of carbonyl (C=O) groups excluding carboxylic acids is 1. The Morgan fingerprint density at radius 2 is 1.95 bits per heavy atom. The minimum atomic E-state index is -0.322. The van der Waals surface area contributed by atoms with Crippen molar-refractivity contribution in [1.82, 2.24) is 10.4 Å². The second kappa shape index (κ2) is 6.22. The summed E-state index contributed by atoms with van der Waals surface area (Å²) in [5, 5.41) is 5.89. The summed E-state index contributed by atoms with van der Waals surface area (Å²) in [5.41, 5.74) is 4.47. The Hall–Kier alpha value is -2.30. The van der Waals surface area contributed by atoms with Gasteiger partial charge in [-0.2, -0.15) is 5.10 Å². The predicted molar refractivity (Wildman–Crippen MR) is 89.8 cm³/mol. The molecule has 0 aliphatic rings. The van der Waals surface area contributed by atoms with Gasteiger partial charge in [0.1, 0.15) is 5.69 Å². The Labute approximate surface area is 136 Å². The van der Waals surface area contributed by atoms with Crippen molar-refractivity contribution in [3.05, 3.63) is 69.8 Å². The maximum atomic E-state index is 12.0. The van der Waals surface area contributed by atoms with Gasteiger partial charge in [0, 0.05) is 21.5 Å². The summed E-state index contributed by atoms with van der Waals surface area (Å²) >= 11 is 11.8. The number of hydrazone groups is 1.